The van der Waals surface area contributed by atoms with Crippen LogP contribution in [0.25, 0.3) is 0 Å². The third kappa shape index (κ3) is 11.3. The minimum Gasteiger partial charge on any atom is -0.332 e. The van der Waals surface area contributed by atoms with Crippen molar-refractivity contribution in [2.45, 2.75) is 90.9 Å². The second-order valence-electron chi connectivity index (χ2n) is 9.25. The zero-order chi connectivity index (χ0) is 26.0. The molecule has 0 aliphatic rings. The quantitative estimate of drug-likeness (QED) is 0.179. The molecule has 5 nitrogen and oxygen atoms in total. The lowest BCUT2D eigenvalue weighted by Gasteiger charge is -2.21. The fourth-order valence-corrected chi connectivity index (χ4v) is 4.47. The SMILES string of the molecule is CCCCCCCCCCCCCC(=O)NC(=S)Nc1cccc(C(=O)N(CC)c2ccccc2)c1. The van der Waals surface area contributed by atoms with Crippen molar-refractivity contribution >= 4 is 40.5 Å². The molecule has 0 aliphatic carbocycles. The highest BCUT2D eigenvalue weighted by molar-refractivity contribution is 7.80. The second kappa shape index (κ2) is 17.7. The Kier molecular flexibility index (Phi) is 14.5. The molecule has 0 aliphatic heterocycles. The number of carbonyl (C=O) groups is 2. The van der Waals surface area contributed by atoms with Crippen molar-refractivity contribution in [3.05, 3.63) is 60.2 Å². The Balaban J connectivity index is 1.68. The molecule has 196 valence electrons. The van der Waals surface area contributed by atoms with Gasteiger partial charge >= 0.3 is 0 Å². The van der Waals surface area contributed by atoms with Crippen LogP contribution in [0.3, 0.4) is 0 Å². The van der Waals surface area contributed by atoms with Crippen molar-refractivity contribution in [2.24, 2.45) is 0 Å². The Bertz CT molecular complexity index is 933. The molecule has 2 aromatic rings. The molecule has 36 heavy (non-hydrogen) atoms. The largest absolute Gasteiger partial charge is 0.332 e. The van der Waals surface area contributed by atoms with E-state index in [1.807, 2.05) is 49.4 Å². The van der Waals surface area contributed by atoms with Crippen molar-refractivity contribution in [1.82, 2.24) is 5.32 Å². The number of anilines is 2. The molecule has 0 atom stereocenters. The van der Waals surface area contributed by atoms with Gasteiger partial charge in [0.15, 0.2) is 5.11 Å². The number of unbranched alkanes of at least 4 members (excludes halogenated alkanes) is 10. The zero-order valence-corrected chi connectivity index (χ0v) is 22.9. The molecule has 2 amide bonds. The lowest BCUT2D eigenvalue weighted by atomic mass is 10.1. The number of benzene rings is 2. The summed E-state index contributed by atoms with van der Waals surface area (Å²) in [4.78, 5) is 27.1. The Morgan fingerprint density at radius 1 is 0.778 bits per heavy atom. The summed E-state index contributed by atoms with van der Waals surface area (Å²) in [6, 6.07) is 16.8. The molecule has 0 saturated heterocycles. The predicted molar refractivity (Wildman–Crippen MR) is 156 cm³/mol. The van der Waals surface area contributed by atoms with Gasteiger partial charge in [-0.3, -0.25) is 9.59 Å². The van der Waals surface area contributed by atoms with Gasteiger partial charge < -0.3 is 15.5 Å². The van der Waals surface area contributed by atoms with Crippen LogP contribution in [-0.4, -0.2) is 23.5 Å². The molecule has 0 radical (unpaired) electrons. The molecule has 0 aromatic heterocycles. The van der Waals surface area contributed by atoms with Crippen LogP contribution in [-0.2, 0) is 4.79 Å². The van der Waals surface area contributed by atoms with Gasteiger partial charge in [-0.25, -0.2) is 0 Å². The number of nitrogens with zero attached hydrogens (tertiary/aromatic N) is 1. The maximum atomic E-state index is 13.1. The molecule has 0 fully saturated rings. The summed E-state index contributed by atoms with van der Waals surface area (Å²) in [5, 5.41) is 6.05. The Labute approximate surface area is 223 Å². The van der Waals surface area contributed by atoms with Gasteiger partial charge in [0.05, 0.1) is 0 Å². The third-order valence-corrected chi connectivity index (χ3v) is 6.46. The van der Waals surface area contributed by atoms with E-state index in [1.165, 1.54) is 57.8 Å². The van der Waals surface area contributed by atoms with E-state index in [9.17, 15) is 9.59 Å². The van der Waals surface area contributed by atoms with Crippen molar-refractivity contribution in [3.63, 3.8) is 0 Å². The fourth-order valence-electron chi connectivity index (χ4n) is 4.24. The van der Waals surface area contributed by atoms with E-state index in [0.717, 1.165) is 18.5 Å². The lowest BCUT2D eigenvalue weighted by molar-refractivity contribution is -0.119. The van der Waals surface area contributed by atoms with Crippen LogP contribution in [0.15, 0.2) is 54.6 Å². The summed E-state index contributed by atoms with van der Waals surface area (Å²) in [7, 11) is 0. The first-order chi connectivity index (χ1) is 17.5. The maximum absolute atomic E-state index is 13.1. The highest BCUT2D eigenvalue weighted by atomic mass is 32.1. The molecule has 6 heteroatoms. The van der Waals surface area contributed by atoms with Gasteiger partial charge in [0.2, 0.25) is 5.91 Å². The first kappa shape index (κ1) is 29.5. The fraction of sp³-hybridized carbons (Fsp3) is 0.500. The molecule has 2 rings (SSSR count). The molecule has 0 saturated carbocycles. The summed E-state index contributed by atoms with van der Waals surface area (Å²) >= 11 is 5.32. The topological polar surface area (TPSA) is 61.4 Å². The summed E-state index contributed by atoms with van der Waals surface area (Å²) in [5.41, 5.74) is 2.08. The second-order valence-corrected chi connectivity index (χ2v) is 9.66. The molecule has 0 spiro atoms. The highest BCUT2D eigenvalue weighted by Gasteiger charge is 2.16. The van der Waals surface area contributed by atoms with E-state index in [1.54, 1.807) is 17.0 Å². The molecular weight excluding hydrogens is 466 g/mol. The minimum atomic E-state index is -0.0844. The van der Waals surface area contributed by atoms with Crippen LogP contribution in [0.2, 0.25) is 0 Å². The average molecular weight is 510 g/mol. The molecule has 0 unspecified atom stereocenters. The molecule has 2 N–H and O–H groups in total. The molecule has 0 heterocycles. The lowest BCUT2D eigenvalue weighted by Crippen LogP contribution is -2.34. The van der Waals surface area contributed by atoms with E-state index >= 15 is 0 Å². The summed E-state index contributed by atoms with van der Waals surface area (Å²) in [6.07, 6.45) is 14.3. The average Bonchev–Trinajstić information content (AvgIpc) is 2.88. The molecule has 0 bridgehead atoms. The van der Waals surface area contributed by atoms with Gasteiger partial charge in [0.1, 0.15) is 0 Å². The summed E-state index contributed by atoms with van der Waals surface area (Å²) in [6.45, 7) is 4.77. The van der Waals surface area contributed by atoms with Crippen LogP contribution in [0.4, 0.5) is 11.4 Å². The number of hydrogen-bond donors (Lipinski definition) is 2. The Hall–Kier alpha value is -2.73. The van der Waals surface area contributed by atoms with Crippen molar-refractivity contribution in [1.29, 1.82) is 0 Å². The number of nitrogens with one attached hydrogen (secondary N) is 2. The maximum Gasteiger partial charge on any atom is 0.258 e. The third-order valence-electron chi connectivity index (χ3n) is 6.26. The Morgan fingerprint density at radius 3 is 2.00 bits per heavy atom. The van der Waals surface area contributed by atoms with E-state index in [0.29, 0.717) is 24.2 Å². The number of thiocarbonyl (C=S) groups is 1. The number of hydrogen-bond acceptors (Lipinski definition) is 3. The highest BCUT2D eigenvalue weighted by Crippen LogP contribution is 2.19. The standard InChI is InChI=1S/C30H43N3O2S/c1-3-5-6-7-8-9-10-11-12-13-17-23-28(34)32-30(36)31-26-20-18-19-25(24-26)29(35)33(4-2)27-21-15-14-16-22-27/h14-16,18-22,24H,3-13,17,23H2,1-2H3,(H2,31,32,34,36). The number of para-hydroxylation sites is 1. The van der Waals surface area contributed by atoms with Crippen LogP contribution < -0.4 is 15.5 Å². The summed E-state index contributed by atoms with van der Waals surface area (Å²) < 4.78 is 0. The van der Waals surface area contributed by atoms with Gasteiger partial charge in [0.25, 0.3) is 5.91 Å². The van der Waals surface area contributed by atoms with Gasteiger partial charge in [-0.1, -0.05) is 95.4 Å². The zero-order valence-electron chi connectivity index (χ0n) is 22.1. The number of carbonyl (C=O) groups excluding carboxylic acids is 2. The monoisotopic (exact) mass is 509 g/mol. The molecular formula is C30H43N3O2S. The first-order valence-electron chi connectivity index (χ1n) is 13.6. The molecule has 2 aromatic carbocycles. The summed E-state index contributed by atoms with van der Waals surface area (Å²) in [5.74, 6) is -0.157. The van der Waals surface area contributed by atoms with Crippen LogP contribution in [0.1, 0.15) is 101 Å². The van der Waals surface area contributed by atoms with Crippen molar-refractivity contribution in [3.8, 4) is 0 Å². The van der Waals surface area contributed by atoms with Crippen LogP contribution in [0, 0.1) is 0 Å². The predicted octanol–water partition coefficient (Wildman–Crippen LogP) is 7.87. The van der Waals surface area contributed by atoms with Crippen molar-refractivity contribution in [2.75, 3.05) is 16.8 Å². The van der Waals surface area contributed by atoms with Crippen molar-refractivity contribution < 1.29 is 9.59 Å². The minimum absolute atomic E-state index is 0.0723. The van der Waals surface area contributed by atoms with Crippen LogP contribution >= 0.6 is 12.2 Å². The van der Waals surface area contributed by atoms with E-state index < -0.39 is 0 Å². The number of amides is 2. The van der Waals surface area contributed by atoms with E-state index in [2.05, 4.69) is 17.6 Å². The normalized spacial score (nSPS) is 10.6. The smallest absolute Gasteiger partial charge is 0.258 e. The van der Waals surface area contributed by atoms with Gasteiger partial charge in [-0.2, -0.15) is 0 Å². The van der Waals surface area contributed by atoms with E-state index in [-0.39, 0.29) is 16.9 Å². The van der Waals surface area contributed by atoms with E-state index in [4.69, 9.17) is 12.2 Å². The number of rotatable bonds is 16. The van der Waals surface area contributed by atoms with Gasteiger partial charge in [-0.05, 0) is 55.9 Å². The first-order valence-corrected chi connectivity index (χ1v) is 14.0. The van der Waals surface area contributed by atoms with Crippen LogP contribution in [0.5, 0.6) is 0 Å². The Morgan fingerprint density at radius 2 is 1.39 bits per heavy atom. The van der Waals surface area contributed by atoms with Gasteiger partial charge in [0, 0.05) is 29.9 Å². The van der Waals surface area contributed by atoms with Gasteiger partial charge in [-0.15, -0.1) is 0 Å².